The fourth-order valence-corrected chi connectivity index (χ4v) is 2.66. The SMILES string of the molecule is CCNC1CC(Oc2ccc(F)c(Br)c2)C1OCC. The summed E-state index contributed by atoms with van der Waals surface area (Å²) >= 11 is 3.16. The molecule has 0 saturated heterocycles. The van der Waals surface area contributed by atoms with Gasteiger partial charge in [-0.05, 0) is 47.6 Å². The van der Waals surface area contributed by atoms with Gasteiger partial charge in [0.2, 0.25) is 0 Å². The van der Waals surface area contributed by atoms with Gasteiger partial charge in [-0.2, -0.15) is 0 Å². The highest BCUT2D eigenvalue weighted by Gasteiger charge is 2.43. The van der Waals surface area contributed by atoms with Crippen molar-refractivity contribution in [2.24, 2.45) is 0 Å². The quantitative estimate of drug-likeness (QED) is 0.868. The first-order valence-corrected chi connectivity index (χ1v) is 7.41. The van der Waals surface area contributed by atoms with Gasteiger partial charge in [-0.25, -0.2) is 4.39 Å². The summed E-state index contributed by atoms with van der Waals surface area (Å²) < 4.78 is 25.1. The first kappa shape index (κ1) is 14.8. The third kappa shape index (κ3) is 3.46. The number of nitrogens with one attached hydrogen (secondary N) is 1. The molecule has 1 saturated carbocycles. The number of benzene rings is 1. The monoisotopic (exact) mass is 331 g/mol. The number of ether oxygens (including phenoxy) is 2. The van der Waals surface area contributed by atoms with Crippen LogP contribution in [0.25, 0.3) is 0 Å². The number of hydrogen-bond donors (Lipinski definition) is 1. The molecule has 1 aliphatic carbocycles. The summed E-state index contributed by atoms with van der Waals surface area (Å²) in [6, 6.07) is 5.04. The number of likely N-dealkylation sites (N-methyl/N-ethyl adjacent to an activating group) is 1. The zero-order valence-corrected chi connectivity index (χ0v) is 12.7. The van der Waals surface area contributed by atoms with E-state index in [9.17, 15) is 4.39 Å². The highest BCUT2D eigenvalue weighted by atomic mass is 79.9. The normalized spacial score (nSPS) is 26.0. The maximum absolute atomic E-state index is 13.2. The van der Waals surface area contributed by atoms with E-state index in [1.54, 1.807) is 12.1 Å². The Kier molecular flexibility index (Phi) is 5.19. The zero-order valence-electron chi connectivity index (χ0n) is 11.2. The van der Waals surface area contributed by atoms with Crippen LogP contribution in [0.2, 0.25) is 0 Å². The van der Waals surface area contributed by atoms with E-state index >= 15 is 0 Å². The molecule has 0 heterocycles. The Bertz CT molecular complexity index is 430. The summed E-state index contributed by atoms with van der Waals surface area (Å²) in [6.07, 6.45) is 1.00. The predicted molar refractivity (Wildman–Crippen MR) is 76.0 cm³/mol. The molecule has 106 valence electrons. The minimum atomic E-state index is -0.284. The molecule has 1 aromatic rings. The Hall–Kier alpha value is -0.650. The lowest BCUT2D eigenvalue weighted by Crippen LogP contribution is -2.61. The van der Waals surface area contributed by atoms with Crippen molar-refractivity contribution in [3.05, 3.63) is 28.5 Å². The van der Waals surface area contributed by atoms with E-state index in [2.05, 4.69) is 28.2 Å². The molecule has 5 heteroatoms. The largest absolute Gasteiger partial charge is 0.488 e. The van der Waals surface area contributed by atoms with Gasteiger partial charge in [0.05, 0.1) is 4.47 Å². The molecule has 0 spiro atoms. The second-order valence-electron chi connectivity index (χ2n) is 4.55. The molecule has 1 aromatic carbocycles. The fraction of sp³-hybridized carbons (Fsp3) is 0.571. The van der Waals surface area contributed by atoms with Crippen LogP contribution in [0.15, 0.2) is 22.7 Å². The Morgan fingerprint density at radius 2 is 2.21 bits per heavy atom. The van der Waals surface area contributed by atoms with Crippen molar-refractivity contribution in [1.29, 1.82) is 0 Å². The smallest absolute Gasteiger partial charge is 0.137 e. The van der Waals surface area contributed by atoms with Crippen LogP contribution in [0.1, 0.15) is 20.3 Å². The average molecular weight is 332 g/mol. The molecule has 3 unspecified atom stereocenters. The molecule has 0 amide bonds. The molecule has 1 fully saturated rings. The second-order valence-corrected chi connectivity index (χ2v) is 5.41. The molecule has 0 aliphatic heterocycles. The second kappa shape index (κ2) is 6.68. The minimum absolute atomic E-state index is 0.0290. The Morgan fingerprint density at radius 3 is 2.84 bits per heavy atom. The highest BCUT2D eigenvalue weighted by Crippen LogP contribution is 2.30. The van der Waals surface area contributed by atoms with Crippen LogP contribution in [-0.2, 0) is 4.74 Å². The van der Waals surface area contributed by atoms with Crippen molar-refractivity contribution >= 4 is 15.9 Å². The topological polar surface area (TPSA) is 30.5 Å². The van der Waals surface area contributed by atoms with Gasteiger partial charge in [0.25, 0.3) is 0 Å². The summed E-state index contributed by atoms with van der Waals surface area (Å²) in [6.45, 7) is 5.64. The Labute approximate surface area is 121 Å². The number of hydrogen-bond acceptors (Lipinski definition) is 3. The third-order valence-electron chi connectivity index (χ3n) is 3.25. The van der Waals surface area contributed by atoms with Gasteiger partial charge in [-0.3, -0.25) is 0 Å². The summed E-state index contributed by atoms with van der Waals surface area (Å²) in [4.78, 5) is 0. The maximum Gasteiger partial charge on any atom is 0.137 e. The molecule has 3 nitrogen and oxygen atoms in total. The number of rotatable bonds is 6. The lowest BCUT2D eigenvalue weighted by molar-refractivity contribution is -0.104. The van der Waals surface area contributed by atoms with Crippen LogP contribution in [-0.4, -0.2) is 31.4 Å². The fourth-order valence-electron chi connectivity index (χ4n) is 2.30. The van der Waals surface area contributed by atoms with Gasteiger partial charge in [-0.1, -0.05) is 6.92 Å². The standard InChI is InChI=1S/C14H19BrFNO2/c1-3-17-12-8-13(14(12)18-4-2)19-9-5-6-11(16)10(15)7-9/h5-7,12-14,17H,3-4,8H2,1-2H3. The summed E-state index contributed by atoms with van der Waals surface area (Å²) in [5, 5.41) is 3.38. The van der Waals surface area contributed by atoms with E-state index in [0.29, 0.717) is 22.9 Å². The van der Waals surface area contributed by atoms with Crippen LogP contribution in [0, 0.1) is 5.82 Å². The summed E-state index contributed by atoms with van der Waals surface area (Å²) in [5.41, 5.74) is 0. The minimum Gasteiger partial charge on any atom is -0.488 e. The molecule has 1 N–H and O–H groups in total. The van der Waals surface area contributed by atoms with Crippen LogP contribution >= 0.6 is 15.9 Å². The molecule has 2 rings (SSSR count). The van der Waals surface area contributed by atoms with Crippen LogP contribution < -0.4 is 10.1 Å². The molecule has 0 aromatic heterocycles. The van der Waals surface area contributed by atoms with E-state index in [-0.39, 0.29) is 18.0 Å². The van der Waals surface area contributed by atoms with E-state index in [1.807, 2.05) is 6.92 Å². The third-order valence-corrected chi connectivity index (χ3v) is 3.86. The molecule has 3 atom stereocenters. The van der Waals surface area contributed by atoms with Crippen LogP contribution in [0.4, 0.5) is 4.39 Å². The number of halogens is 2. The molecule has 1 aliphatic rings. The molecule has 19 heavy (non-hydrogen) atoms. The van der Waals surface area contributed by atoms with Crippen molar-refractivity contribution in [1.82, 2.24) is 5.32 Å². The van der Waals surface area contributed by atoms with E-state index in [1.165, 1.54) is 6.07 Å². The summed E-state index contributed by atoms with van der Waals surface area (Å²) in [7, 11) is 0. The van der Waals surface area contributed by atoms with Crippen LogP contribution in [0.3, 0.4) is 0 Å². The van der Waals surface area contributed by atoms with Gasteiger partial charge in [0.1, 0.15) is 23.8 Å². The Balaban J connectivity index is 1.96. The van der Waals surface area contributed by atoms with Gasteiger partial charge >= 0.3 is 0 Å². The van der Waals surface area contributed by atoms with Crippen molar-refractivity contribution in [3.63, 3.8) is 0 Å². The van der Waals surface area contributed by atoms with Crippen molar-refractivity contribution in [2.45, 2.75) is 38.5 Å². The predicted octanol–water partition coefficient (Wildman–Crippen LogP) is 3.12. The average Bonchev–Trinajstić information content (AvgIpc) is 2.39. The molecule has 0 radical (unpaired) electrons. The van der Waals surface area contributed by atoms with E-state index in [4.69, 9.17) is 9.47 Å². The first-order chi connectivity index (χ1) is 9.15. The van der Waals surface area contributed by atoms with Crippen molar-refractivity contribution in [2.75, 3.05) is 13.2 Å². The molecule has 0 bridgehead atoms. The zero-order chi connectivity index (χ0) is 13.8. The molecular formula is C14H19BrFNO2. The van der Waals surface area contributed by atoms with Gasteiger partial charge < -0.3 is 14.8 Å². The van der Waals surface area contributed by atoms with Gasteiger partial charge in [0.15, 0.2) is 0 Å². The lowest BCUT2D eigenvalue weighted by atomic mass is 9.85. The van der Waals surface area contributed by atoms with Crippen LogP contribution in [0.5, 0.6) is 5.75 Å². The van der Waals surface area contributed by atoms with E-state index in [0.717, 1.165) is 13.0 Å². The van der Waals surface area contributed by atoms with Gasteiger partial charge in [-0.15, -0.1) is 0 Å². The van der Waals surface area contributed by atoms with Crippen molar-refractivity contribution in [3.8, 4) is 5.75 Å². The first-order valence-electron chi connectivity index (χ1n) is 6.62. The molecular weight excluding hydrogens is 313 g/mol. The Morgan fingerprint density at radius 1 is 1.42 bits per heavy atom. The highest BCUT2D eigenvalue weighted by molar-refractivity contribution is 9.10. The lowest BCUT2D eigenvalue weighted by Gasteiger charge is -2.44. The van der Waals surface area contributed by atoms with E-state index < -0.39 is 0 Å². The van der Waals surface area contributed by atoms with Gasteiger partial charge in [0, 0.05) is 19.1 Å². The summed E-state index contributed by atoms with van der Waals surface area (Å²) in [5.74, 6) is 0.380. The van der Waals surface area contributed by atoms with Crippen molar-refractivity contribution < 1.29 is 13.9 Å². The maximum atomic E-state index is 13.2.